The van der Waals surface area contributed by atoms with Crippen LogP contribution in [0, 0.1) is 34.5 Å². The van der Waals surface area contributed by atoms with Gasteiger partial charge in [-0.2, -0.15) is 13.2 Å². The fraction of sp³-hybridized carbons (Fsp3) is 0.741. The lowest BCUT2D eigenvalue weighted by Crippen LogP contribution is -2.51. The van der Waals surface area contributed by atoms with Crippen molar-refractivity contribution in [2.24, 2.45) is 34.5 Å². The molecule has 0 aromatic heterocycles. The lowest BCUT2D eigenvalue weighted by molar-refractivity contribution is -0.158. The molecule has 4 aliphatic carbocycles. The number of halogens is 3. The smallest absolute Gasteiger partial charge is 0.449 e. The number of rotatable bonds is 4. The van der Waals surface area contributed by atoms with E-state index in [0.29, 0.717) is 24.3 Å². The van der Waals surface area contributed by atoms with Crippen LogP contribution >= 0.6 is 0 Å². The molecule has 0 saturated heterocycles. The third-order valence-corrected chi connectivity index (χ3v) is 9.54. The highest BCUT2D eigenvalue weighted by Gasteiger charge is 2.60. The highest BCUT2D eigenvalue weighted by molar-refractivity contribution is 5.93. The van der Waals surface area contributed by atoms with Gasteiger partial charge in [0, 0.05) is 32.3 Å². The van der Waals surface area contributed by atoms with Crippen molar-refractivity contribution in [1.29, 1.82) is 0 Å². The number of alkyl halides is 3. The minimum atomic E-state index is -4.90. The van der Waals surface area contributed by atoms with E-state index in [9.17, 15) is 27.6 Å². The standard InChI is InChI=1S/C27H35F3O5/c1-15(31)34-18-9-11-25(3)17(13-18)5-6-19-20-7-8-22(26(20,4)12-10-21(19)25)23(33)14-24(27(28,29)30)35-16(2)32/h5,14,18-22H,6-13H2,1-4H3/b24-14-/t18-,19-,20-,21-,22+,25-,26-/m0/s1. The zero-order valence-corrected chi connectivity index (χ0v) is 20.9. The molecule has 0 amide bonds. The number of ketones is 1. The fourth-order valence-corrected chi connectivity index (χ4v) is 7.98. The van der Waals surface area contributed by atoms with Gasteiger partial charge in [-0.15, -0.1) is 0 Å². The van der Waals surface area contributed by atoms with Crippen molar-refractivity contribution in [2.45, 2.75) is 91.3 Å². The maximum Gasteiger partial charge on any atom is 0.449 e. The van der Waals surface area contributed by atoms with Gasteiger partial charge in [0.15, 0.2) is 5.78 Å². The molecule has 0 aromatic rings. The van der Waals surface area contributed by atoms with Gasteiger partial charge in [-0.25, -0.2) is 0 Å². The Hall–Kier alpha value is -2.12. The van der Waals surface area contributed by atoms with Gasteiger partial charge in [0.25, 0.3) is 0 Å². The average Bonchev–Trinajstić information content (AvgIpc) is 3.09. The average molecular weight is 497 g/mol. The third kappa shape index (κ3) is 4.69. The summed E-state index contributed by atoms with van der Waals surface area (Å²) in [5.74, 6) is -2.90. The Bertz CT molecular complexity index is 966. The summed E-state index contributed by atoms with van der Waals surface area (Å²) in [7, 11) is 0. The van der Waals surface area contributed by atoms with Crippen LogP contribution in [0.1, 0.15) is 79.1 Å². The fourth-order valence-electron chi connectivity index (χ4n) is 7.98. The van der Waals surface area contributed by atoms with Crippen LogP contribution in [-0.2, 0) is 23.9 Å². The SMILES string of the molecule is CC(=O)O/C(=C\C(=O)[C@H]1CC[C@H]2[C@@H]3CC=C4C[C@@H](OC(C)=O)CC[C@]4(C)[C@H]3CC[C@]12C)C(F)(F)F. The first-order valence-corrected chi connectivity index (χ1v) is 12.6. The molecule has 194 valence electrons. The molecule has 0 spiro atoms. The molecule has 5 nitrogen and oxygen atoms in total. The molecule has 0 radical (unpaired) electrons. The molecular weight excluding hydrogens is 461 g/mol. The second-order valence-electron chi connectivity index (χ2n) is 11.4. The molecule has 0 aliphatic heterocycles. The van der Waals surface area contributed by atoms with Gasteiger partial charge >= 0.3 is 18.1 Å². The van der Waals surface area contributed by atoms with Crippen molar-refractivity contribution < 1.29 is 37.0 Å². The van der Waals surface area contributed by atoms with Gasteiger partial charge in [-0.3, -0.25) is 14.4 Å². The van der Waals surface area contributed by atoms with Gasteiger partial charge in [0.1, 0.15) is 6.10 Å². The summed E-state index contributed by atoms with van der Waals surface area (Å²) in [5.41, 5.74) is 1.02. The summed E-state index contributed by atoms with van der Waals surface area (Å²) >= 11 is 0. The number of hydrogen-bond donors (Lipinski definition) is 0. The van der Waals surface area contributed by atoms with Crippen molar-refractivity contribution in [1.82, 2.24) is 0 Å². The quantitative estimate of drug-likeness (QED) is 0.204. The van der Waals surface area contributed by atoms with Crippen LogP contribution in [0.5, 0.6) is 0 Å². The van der Waals surface area contributed by atoms with E-state index in [1.165, 1.54) is 12.5 Å². The maximum atomic E-state index is 13.3. The molecular formula is C27H35F3O5. The Morgan fingerprint density at radius 3 is 2.34 bits per heavy atom. The number of carbonyl (C=O) groups excluding carboxylic acids is 3. The van der Waals surface area contributed by atoms with E-state index < -0.39 is 29.6 Å². The monoisotopic (exact) mass is 496 g/mol. The van der Waals surface area contributed by atoms with Gasteiger partial charge in [-0.05, 0) is 73.5 Å². The number of carbonyl (C=O) groups is 3. The molecule has 3 saturated carbocycles. The molecule has 0 bridgehead atoms. The third-order valence-electron chi connectivity index (χ3n) is 9.54. The predicted molar refractivity (Wildman–Crippen MR) is 122 cm³/mol. The van der Waals surface area contributed by atoms with Crippen LogP contribution in [-0.4, -0.2) is 30.0 Å². The minimum absolute atomic E-state index is 0.0294. The summed E-state index contributed by atoms with van der Waals surface area (Å²) in [6.45, 7) is 6.72. The normalized spacial score (nSPS) is 39.0. The Morgan fingerprint density at radius 2 is 1.71 bits per heavy atom. The summed E-state index contributed by atoms with van der Waals surface area (Å²) in [6.07, 6.45) is 4.34. The van der Waals surface area contributed by atoms with Crippen LogP contribution in [0.2, 0.25) is 0 Å². The van der Waals surface area contributed by atoms with Crippen LogP contribution in [0.25, 0.3) is 0 Å². The molecule has 0 N–H and O–H groups in total. The van der Waals surface area contributed by atoms with E-state index in [4.69, 9.17) is 4.74 Å². The molecule has 3 fully saturated rings. The van der Waals surface area contributed by atoms with Gasteiger partial charge in [0.05, 0.1) is 0 Å². The van der Waals surface area contributed by atoms with Crippen molar-refractivity contribution >= 4 is 17.7 Å². The first-order chi connectivity index (χ1) is 16.3. The lowest BCUT2D eigenvalue weighted by Gasteiger charge is -2.58. The van der Waals surface area contributed by atoms with Crippen LogP contribution in [0.3, 0.4) is 0 Å². The van der Waals surface area contributed by atoms with Crippen molar-refractivity contribution in [2.75, 3.05) is 0 Å². The number of hydrogen-bond acceptors (Lipinski definition) is 5. The largest absolute Gasteiger partial charge is 0.462 e. The van der Waals surface area contributed by atoms with E-state index in [1.54, 1.807) is 0 Å². The first kappa shape index (κ1) is 26.0. The Kier molecular flexibility index (Phi) is 6.73. The first-order valence-electron chi connectivity index (χ1n) is 12.6. The van der Waals surface area contributed by atoms with Crippen molar-refractivity contribution in [3.63, 3.8) is 0 Å². The van der Waals surface area contributed by atoms with Gasteiger partial charge < -0.3 is 9.47 Å². The summed E-state index contributed by atoms with van der Waals surface area (Å²) in [6, 6.07) is 0. The number of fused-ring (bicyclic) bond motifs is 5. The molecule has 0 unspecified atom stereocenters. The van der Waals surface area contributed by atoms with E-state index in [2.05, 4.69) is 24.7 Å². The van der Waals surface area contributed by atoms with E-state index in [0.717, 1.165) is 51.9 Å². The van der Waals surface area contributed by atoms with Crippen molar-refractivity contribution in [3.8, 4) is 0 Å². The van der Waals surface area contributed by atoms with E-state index in [-0.39, 0.29) is 28.8 Å². The van der Waals surface area contributed by atoms with Crippen LogP contribution in [0.4, 0.5) is 13.2 Å². The Balaban J connectivity index is 1.55. The second-order valence-corrected chi connectivity index (χ2v) is 11.4. The highest BCUT2D eigenvalue weighted by Crippen LogP contribution is 2.66. The summed E-state index contributed by atoms with van der Waals surface area (Å²) in [5, 5.41) is 0. The topological polar surface area (TPSA) is 69.7 Å². The molecule has 4 aliphatic rings. The summed E-state index contributed by atoms with van der Waals surface area (Å²) < 4.78 is 49.9. The zero-order chi connectivity index (χ0) is 25.8. The lowest BCUT2D eigenvalue weighted by atomic mass is 9.47. The number of ether oxygens (including phenoxy) is 2. The van der Waals surface area contributed by atoms with E-state index in [1.807, 2.05) is 0 Å². The molecule has 8 heteroatoms. The molecule has 7 atom stereocenters. The Labute approximate surface area is 204 Å². The van der Waals surface area contributed by atoms with Crippen LogP contribution < -0.4 is 0 Å². The molecule has 0 aromatic carbocycles. The minimum Gasteiger partial charge on any atom is -0.462 e. The van der Waals surface area contributed by atoms with Crippen LogP contribution in [0.15, 0.2) is 23.5 Å². The van der Waals surface area contributed by atoms with Gasteiger partial charge in [-0.1, -0.05) is 25.5 Å². The zero-order valence-electron chi connectivity index (χ0n) is 20.9. The second kappa shape index (κ2) is 9.07. The molecule has 0 heterocycles. The number of esters is 2. The highest BCUT2D eigenvalue weighted by atomic mass is 19.4. The Morgan fingerprint density at radius 1 is 1.00 bits per heavy atom. The summed E-state index contributed by atoms with van der Waals surface area (Å²) in [4.78, 5) is 35.7. The molecule has 4 rings (SSSR count). The predicted octanol–water partition coefficient (Wildman–Crippen LogP) is 6.08. The van der Waals surface area contributed by atoms with Gasteiger partial charge in [0.2, 0.25) is 5.76 Å². The van der Waals surface area contributed by atoms with E-state index >= 15 is 0 Å². The number of allylic oxidation sites excluding steroid dienone is 3. The molecule has 35 heavy (non-hydrogen) atoms. The maximum absolute atomic E-state index is 13.3. The van der Waals surface area contributed by atoms with Crippen molar-refractivity contribution in [3.05, 3.63) is 23.5 Å².